The van der Waals surface area contributed by atoms with Crippen LogP contribution in [0, 0.1) is 29.6 Å². The minimum absolute atomic E-state index is 0.325. The van der Waals surface area contributed by atoms with Crippen molar-refractivity contribution in [2.75, 3.05) is 7.05 Å². The number of carbonyl (C=O) groups is 1. The van der Waals surface area contributed by atoms with E-state index in [0.717, 1.165) is 22.2 Å². The van der Waals surface area contributed by atoms with Crippen molar-refractivity contribution in [3.63, 3.8) is 0 Å². The third kappa shape index (κ3) is 2.59. The number of hydrogen-bond acceptors (Lipinski definition) is 2. The average molecular weight is 368 g/mol. The Labute approximate surface area is 139 Å². The highest BCUT2D eigenvalue weighted by Crippen LogP contribution is 2.56. The van der Waals surface area contributed by atoms with Crippen LogP contribution >= 0.6 is 27.3 Å². The summed E-state index contributed by atoms with van der Waals surface area (Å²) in [5.74, 6) is 3.99. The second-order valence-electron chi connectivity index (χ2n) is 7.36. The van der Waals surface area contributed by atoms with Crippen molar-refractivity contribution in [3.8, 4) is 0 Å². The number of amides is 1. The minimum Gasteiger partial charge on any atom is -0.340 e. The Morgan fingerprint density at radius 2 is 1.81 bits per heavy atom. The van der Waals surface area contributed by atoms with Crippen LogP contribution in [0.4, 0.5) is 0 Å². The molecule has 4 heteroatoms. The van der Waals surface area contributed by atoms with Crippen LogP contribution in [0.2, 0.25) is 0 Å². The zero-order valence-electron chi connectivity index (χ0n) is 12.4. The van der Waals surface area contributed by atoms with E-state index in [1.807, 2.05) is 11.9 Å². The van der Waals surface area contributed by atoms with Gasteiger partial charge < -0.3 is 4.90 Å². The molecule has 4 aliphatic rings. The lowest BCUT2D eigenvalue weighted by molar-refractivity contribution is -0.148. The highest BCUT2D eigenvalue weighted by atomic mass is 79.9. The predicted octanol–water partition coefficient (Wildman–Crippen LogP) is 4.54. The first-order valence-corrected chi connectivity index (χ1v) is 9.70. The molecule has 1 aromatic heterocycles. The van der Waals surface area contributed by atoms with Crippen LogP contribution in [0.5, 0.6) is 0 Å². The fourth-order valence-electron chi connectivity index (χ4n) is 5.33. The average Bonchev–Trinajstić information content (AvgIpc) is 2.82. The van der Waals surface area contributed by atoms with Crippen molar-refractivity contribution in [1.82, 2.24) is 4.90 Å². The lowest BCUT2D eigenvalue weighted by atomic mass is 9.51. The molecule has 0 N–H and O–H groups in total. The molecule has 0 spiro atoms. The standard InChI is InChI=1S/C17H22BrNOS/c1-19(9-14-2-3-15(18)21-14)17(20)16-12-5-10-4-11(7-12)8-13(16)6-10/h2-3,10-13,16H,4-9H2,1H3. The zero-order chi connectivity index (χ0) is 14.6. The highest BCUT2D eigenvalue weighted by molar-refractivity contribution is 9.11. The summed E-state index contributed by atoms with van der Waals surface area (Å²) in [5, 5.41) is 0. The van der Waals surface area contributed by atoms with Crippen molar-refractivity contribution >= 4 is 33.2 Å². The molecule has 1 heterocycles. The van der Waals surface area contributed by atoms with Crippen LogP contribution in [-0.2, 0) is 11.3 Å². The van der Waals surface area contributed by atoms with E-state index in [2.05, 4.69) is 28.1 Å². The normalized spacial score (nSPS) is 37.0. The molecule has 114 valence electrons. The van der Waals surface area contributed by atoms with Gasteiger partial charge in [-0.25, -0.2) is 0 Å². The van der Waals surface area contributed by atoms with Crippen LogP contribution in [0.15, 0.2) is 15.9 Å². The summed E-state index contributed by atoms with van der Waals surface area (Å²) in [7, 11) is 1.99. The van der Waals surface area contributed by atoms with Crippen molar-refractivity contribution in [3.05, 3.63) is 20.8 Å². The monoisotopic (exact) mass is 367 g/mol. The van der Waals surface area contributed by atoms with E-state index in [-0.39, 0.29) is 0 Å². The molecule has 0 aromatic carbocycles. The molecule has 4 saturated carbocycles. The molecule has 2 nitrogen and oxygen atoms in total. The van der Waals surface area contributed by atoms with E-state index in [9.17, 15) is 4.79 Å². The molecule has 0 radical (unpaired) electrons. The fraction of sp³-hybridized carbons (Fsp3) is 0.706. The molecule has 4 fully saturated rings. The van der Waals surface area contributed by atoms with E-state index in [1.54, 1.807) is 11.3 Å². The second-order valence-corrected chi connectivity index (χ2v) is 9.90. The van der Waals surface area contributed by atoms with Crippen molar-refractivity contribution in [2.24, 2.45) is 29.6 Å². The highest BCUT2D eigenvalue weighted by Gasteiger charge is 2.51. The Morgan fingerprint density at radius 1 is 1.19 bits per heavy atom. The molecule has 1 amide bonds. The summed E-state index contributed by atoms with van der Waals surface area (Å²) in [6.45, 7) is 0.762. The van der Waals surface area contributed by atoms with E-state index in [0.29, 0.717) is 23.7 Å². The van der Waals surface area contributed by atoms with E-state index >= 15 is 0 Å². The van der Waals surface area contributed by atoms with Gasteiger partial charge in [-0.2, -0.15) is 0 Å². The van der Waals surface area contributed by atoms with Gasteiger partial charge in [-0.3, -0.25) is 4.79 Å². The Hall–Kier alpha value is -0.350. The number of halogens is 1. The van der Waals surface area contributed by atoms with Crippen LogP contribution in [0.3, 0.4) is 0 Å². The maximum atomic E-state index is 13.0. The molecule has 4 bridgehead atoms. The van der Waals surface area contributed by atoms with Crippen LogP contribution in [0.25, 0.3) is 0 Å². The van der Waals surface area contributed by atoms with Crippen molar-refractivity contribution < 1.29 is 4.79 Å². The van der Waals surface area contributed by atoms with Gasteiger partial charge in [-0.15, -0.1) is 11.3 Å². The largest absolute Gasteiger partial charge is 0.340 e. The molecular formula is C17H22BrNOS. The predicted molar refractivity (Wildman–Crippen MR) is 89.0 cm³/mol. The smallest absolute Gasteiger partial charge is 0.226 e. The summed E-state index contributed by atoms with van der Waals surface area (Å²) in [6.07, 6.45) is 6.74. The van der Waals surface area contributed by atoms with Crippen LogP contribution in [-0.4, -0.2) is 17.9 Å². The Bertz CT molecular complexity index is 527. The number of nitrogens with zero attached hydrogens (tertiary/aromatic N) is 1. The number of rotatable bonds is 3. The minimum atomic E-state index is 0.325. The quantitative estimate of drug-likeness (QED) is 0.767. The van der Waals surface area contributed by atoms with Crippen LogP contribution < -0.4 is 0 Å². The third-order valence-electron chi connectivity index (χ3n) is 5.91. The third-order valence-corrected chi connectivity index (χ3v) is 7.52. The lowest BCUT2D eigenvalue weighted by Crippen LogP contribution is -2.51. The first kappa shape index (κ1) is 14.3. The molecule has 0 unspecified atom stereocenters. The summed E-state index contributed by atoms with van der Waals surface area (Å²) in [6, 6.07) is 4.19. The molecule has 21 heavy (non-hydrogen) atoms. The topological polar surface area (TPSA) is 20.3 Å². The van der Waals surface area contributed by atoms with Gasteiger partial charge >= 0.3 is 0 Å². The van der Waals surface area contributed by atoms with Gasteiger partial charge in [0.15, 0.2) is 0 Å². The van der Waals surface area contributed by atoms with Gasteiger partial charge in [0.2, 0.25) is 5.91 Å². The van der Waals surface area contributed by atoms with Crippen molar-refractivity contribution in [1.29, 1.82) is 0 Å². The SMILES string of the molecule is CN(Cc1ccc(Br)s1)C(=O)C1C2CC3CC(C2)CC1C3. The summed E-state index contributed by atoms with van der Waals surface area (Å²) in [4.78, 5) is 16.2. The van der Waals surface area contributed by atoms with Gasteiger partial charge in [-0.05, 0) is 83.8 Å². The Kier molecular flexibility index (Phi) is 3.65. The second kappa shape index (κ2) is 5.38. The van der Waals surface area contributed by atoms with Crippen LogP contribution in [0.1, 0.15) is 37.0 Å². The van der Waals surface area contributed by atoms with Gasteiger partial charge in [0.1, 0.15) is 0 Å². The molecule has 5 rings (SSSR count). The van der Waals surface area contributed by atoms with Crippen molar-refractivity contribution in [2.45, 2.75) is 38.6 Å². The van der Waals surface area contributed by atoms with Gasteiger partial charge in [-0.1, -0.05) is 0 Å². The van der Waals surface area contributed by atoms with E-state index in [4.69, 9.17) is 0 Å². The van der Waals surface area contributed by atoms with Gasteiger partial charge in [0.25, 0.3) is 0 Å². The summed E-state index contributed by atoms with van der Waals surface area (Å²) < 4.78 is 1.15. The number of thiophene rings is 1. The molecule has 1 aromatic rings. The first-order valence-electron chi connectivity index (χ1n) is 8.09. The Morgan fingerprint density at radius 3 is 2.33 bits per heavy atom. The maximum absolute atomic E-state index is 13.0. The maximum Gasteiger partial charge on any atom is 0.226 e. The molecule has 0 aliphatic heterocycles. The summed E-state index contributed by atoms with van der Waals surface area (Å²) >= 11 is 5.23. The lowest BCUT2D eigenvalue weighted by Gasteiger charge is -2.54. The molecule has 0 saturated heterocycles. The van der Waals surface area contributed by atoms with E-state index < -0.39 is 0 Å². The summed E-state index contributed by atoms with van der Waals surface area (Å²) in [5.41, 5.74) is 0. The van der Waals surface area contributed by atoms with Gasteiger partial charge in [0, 0.05) is 17.8 Å². The fourth-order valence-corrected chi connectivity index (χ4v) is 6.87. The van der Waals surface area contributed by atoms with E-state index in [1.165, 1.54) is 37.0 Å². The van der Waals surface area contributed by atoms with Gasteiger partial charge in [0.05, 0.1) is 10.3 Å². The number of carbonyl (C=O) groups excluding carboxylic acids is 1. The Balaban J connectivity index is 1.47. The zero-order valence-corrected chi connectivity index (χ0v) is 14.8. The molecule has 0 atom stereocenters. The first-order chi connectivity index (χ1) is 10.1. The molecular weight excluding hydrogens is 346 g/mol. The molecule has 4 aliphatic carbocycles. The number of hydrogen-bond donors (Lipinski definition) is 0.